The number of rotatable bonds is 11. The molecule has 13 heteroatoms. The Kier molecular flexibility index (Phi) is 11.4. The minimum Gasteiger partial charge on any atom is -0.497 e. The molecule has 2 atom stereocenters. The van der Waals surface area contributed by atoms with Gasteiger partial charge in [-0.2, -0.15) is 4.98 Å². The Labute approximate surface area is 342 Å². The van der Waals surface area contributed by atoms with Gasteiger partial charge in [0.25, 0.3) is 5.91 Å². The van der Waals surface area contributed by atoms with Crippen LogP contribution in [-0.4, -0.2) is 108 Å². The number of hydrogen-bond donors (Lipinski definition) is 1. The van der Waals surface area contributed by atoms with Gasteiger partial charge in [-0.3, -0.25) is 9.69 Å². The second-order valence-corrected chi connectivity index (χ2v) is 15.7. The Hall–Kier alpha value is -5.11. The van der Waals surface area contributed by atoms with Gasteiger partial charge in [0, 0.05) is 78.7 Å². The maximum Gasteiger partial charge on any atom is 0.254 e. The van der Waals surface area contributed by atoms with Gasteiger partial charge in [0.2, 0.25) is 5.95 Å². The fourth-order valence-electron chi connectivity index (χ4n) is 8.54. The van der Waals surface area contributed by atoms with E-state index in [0.29, 0.717) is 56.5 Å². The van der Waals surface area contributed by atoms with E-state index in [1.165, 1.54) is 0 Å². The molecule has 3 aliphatic rings. The number of ether oxygens (including phenoxy) is 3. The van der Waals surface area contributed by atoms with Gasteiger partial charge in [0.15, 0.2) is 5.82 Å². The van der Waals surface area contributed by atoms with Gasteiger partial charge in [0.1, 0.15) is 22.9 Å². The normalized spacial score (nSPS) is 19.6. The highest BCUT2D eigenvalue weighted by atomic mass is 79.9. The Morgan fingerprint density at radius 3 is 2.25 bits per heavy atom. The summed E-state index contributed by atoms with van der Waals surface area (Å²) in [5, 5.41) is 3.46. The zero-order valence-electron chi connectivity index (χ0n) is 33.0. The molecular formula is C44H49BrN8O4. The van der Waals surface area contributed by atoms with Crippen molar-refractivity contribution in [3.8, 4) is 22.8 Å². The molecular weight excluding hydrogens is 784 g/mol. The first-order valence-corrected chi connectivity index (χ1v) is 20.5. The van der Waals surface area contributed by atoms with Crippen molar-refractivity contribution in [1.29, 1.82) is 0 Å². The molecule has 0 aliphatic carbocycles. The molecule has 0 spiro atoms. The Morgan fingerprint density at radius 1 is 0.912 bits per heavy atom. The van der Waals surface area contributed by atoms with Crippen molar-refractivity contribution in [2.75, 3.05) is 76.9 Å². The summed E-state index contributed by atoms with van der Waals surface area (Å²) in [4.78, 5) is 42.5. The quantitative estimate of drug-likeness (QED) is 0.161. The van der Waals surface area contributed by atoms with Gasteiger partial charge in [-0.05, 0) is 85.5 Å². The Bertz CT molecular complexity index is 2200. The van der Waals surface area contributed by atoms with E-state index in [-0.39, 0.29) is 11.9 Å². The minimum atomic E-state index is -0.993. The number of fused-ring (bicyclic) bond motifs is 1. The highest BCUT2D eigenvalue weighted by molar-refractivity contribution is 9.10. The number of morpholine rings is 1. The molecule has 5 aromatic rings. The number of likely N-dealkylation sites (N-methyl/N-ethyl adjacent to an activating group) is 1. The lowest BCUT2D eigenvalue weighted by atomic mass is 9.75. The molecule has 296 valence electrons. The van der Waals surface area contributed by atoms with Gasteiger partial charge in [0.05, 0.1) is 33.1 Å². The van der Waals surface area contributed by atoms with Gasteiger partial charge in [-0.15, -0.1) is 0 Å². The van der Waals surface area contributed by atoms with Crippen molar-refractivity contribution in [2.24, 2.45) is 0 Å². The minimum absolute atomic E-state index is 0.0582. The SMILES string of the molecule is CCN1CCN(C(=O)c2ccc(Br)c(C)c2)C(Cc2ccc(OC)cc2)(c2ncc(-c3nc(N4CCOCC4)nc4c3CCN4)cn2)C1Cc1ccc(OC)cc1. The first kappa shape index (κ1) is 38.7. The third-order valence-electron chi connectivity index (χ3n) is 11.6. The molecule has 2 saturated heterocycles. The number of nitrogens with zero attached hydrogens (tertiary/aromatic N) is 7. The van der Waals surface area contributed by atoms with E-state index < -0.39 is 5.54 Å². The molecule has 0 radical (unpaired) electrons. The van der Waals surface area contributed by atoms with Gasteiger partial charge in [-0.25, -0.2) is 15.0 Å². The van der Waals surface area contributed by atoms with E-state index in [9.17, 15) is 0 Å². The largest absolute Gasteiger partial charge is 0.497 e. The van der Waals surface area contributed by atoms with Crippen LogP contribution in [0.15, 0.2) is 83.6 Å². The van der Waals surface area contributed by atoms with Crippen LogP contribution in [0.2, 0.25) is 0 Å². The number of aryl methyl sites for hydroxylation is 1. The van der Waals surface area contributed by atoms with Crippen LogP contribution >= 0.6 is 15.9 Å². The van der Waals surface area contributed by atoms with Crippen molar-refractivity contribution in [1.82, 2.24) is 29.7 Å². The monoisotopic (exact) mass is 832 g/mol. The van der Waals surface area contributed by atoms with Crippen molar-refractivity contribution in [3.63, 3.8) is 0 Å². The number of nitrogens with one attached hydrogen (secondary N) is 1. The van der Waals surface area contributed by atoms with Crippen LogP contribution in [-0.2, 0) is 29.5 Å². The number of anilines is 2. The molecule has 1 amide bonds. The Morgan fingerprint density at radius 2 is 1.60 bits per heavy atom. The number of carbonyl (C=O) groups excluding carboxylic acids is 1. The average molecular weight is 834 g/mol. The van der Waals surface area contributed by atoms with E-state index in [2.05, 4.69) is 67.1 Å². The van der Waals surface area contributed by atoms with E-state index >= 15 is 4.79 Å². The standard InChI is InChI=1S/C44H49BrN8O4/c1-5-51-18-19-53(41(54)32-10-15-37(45)29(2)24-32)44(26-31-8-13-35(56-4)14-9-31,38(51)25-30-6-11-34(55-3)12-7-30)42-47-27-33(28-48-42)39-36-16-17-46-40(36)50-43(49-39)52-20-22-57-23-21-52/h6-15,24,27-28,38H,5,16-23,25-26H2,1-4H3,(H,46,49,50). The molecule has 0 saturated carbocycles. The van der Waals surface area contributed by atoms with Crippen LogP contribution in [0.3, 0.4) is 0 Å². The first-order chi connectivity index (χ1) is 27.8. The molecule has 3 aromatic carbocycles. The summed E-state index contributed by atoms with van der Waals surface area (Å²) in [5.41, 5.74) is 5.50. The average Bonchev–Trinajstić information content (AvgIpc) is 3.74. The summed E-state index contributed by atoms with van der Waals surface area (Å²) in [6.07, 6.45) is 5.72. The highest BCUT2D eigenvalue weighted by Crippen LogP contribution is 2.43. The smallest absolute Gasteiger partial charge is 0.254 e. The fraction of sp³-hybridized carbons (Fsp3) is 0.386. The maximum absolute atomic E-state index is 15.2. The van der Waals surface area contributed by atoms with Crippen LogP contribution < -0.4 is 19.7 Å². The van der Waals surface area contributed by atoms with Crippen molar-refractivity contribution < 1.29 is 19.0 Å². The lowest BCUT2D eigenvalue weighted by Gasteiger charge is -2.55. The molecule has 1 N–H and O–H groups in total. The van der Waals surface area contributed by atoms with Crippen LogP contribution in [0.5, 0.6) is 11.5 Å². The van der Waals surface area contributed by atoms with Crippen LogP contribution in [0.1, 0.15) is 45.4 Å². The highest BCUT2D eigenvalue weighted by Gasteiger charge is 2.54. The van der Waals surface area contributed by atoms with Crippen LogP contribution in [0.4, 0.5) is 11.8 Å². The topological polar surface area (TPSA) is 118 Å². The van der Waals surface area contributed by atoms with Gasteiger partial charge < -0.3 is 29.3 Å². The number of carbonyl (C=O) groups is 1. The second kappa shape index (κ2) is 16.8. The number of halogens is 1. The van der Waals surface area contributed by atoms with Crippen molar-refractivity contribution in [2.45, 2.75) is 44.7 Å². The summed E-state index contributed by atoms with van der Waals surface area (Å²) in [5.74, 6) is 3.62. The molecule has 0 bridgehead atoms. The maximum atomic E-state index is 15.2. The van der Waals surface area contributed by atoms with E-state index in [1.807, 2.05) is 61.8 Å². The first-order valence-electron chi connectivity index (χ1n) is 19.7. The van der Waals surface area contributed by atoms with Crippen LogP contribution in [0, 0.1) is 6.92 Å². The predicted octanol–water partition coefficient (Wildman–Crippen LogP) is 6.35. The van der Waals surface area contributed by atoms with Crippen molar-refractivity contribution >= 4 is 33.6 Å². The summed E-state index contributed by atoms with van der Waals surface area (Å²) >= 11 is 3.64. The molecule has 12 nitrogen and oxygen atoms in total. The zero-order chi connectivity index (χ0) is 39.5. The number of methoxy groups -OCH3 is 2. The third-order valence-corrected chi connectivity index (χ3v) is 12.5. The number of amides is 1. The lowest BCUT2D eigenvalue weighted by molar-refractivity contribution is -0.0456. The van der Waals surface area contributed by atoms with E-state index in [0.717, 1.165) is 87.9 Å². The molecule has 3 aliphatic heterocycles. The predicted molar refractivity (Wildman–Crippen MR) is 224 cm³/mol. The Balaban J connectivity index is 1.30. The number of benzene rings is 3. The van der Waals surface area contributed by atoms with Gasteiger partial charge in [-0.1, -0.05) is 47.1 Å². The van der Waals surface area contributed by atoms with E-state index in [4.69, 9.17) is 34.1 Å². The lowest BCUT2D eigenvalue weighted by Crippen LogP contribution is -2.69. The number of hydrogen-bond acceptors (Lipinski definition) is 11. The van der Waals surface area contributed by atoms with Gasteiger partial charge >= 0.3 is 0 Å². The molecule has 8 rings (SSSR count). The second-order valence-electron chi connectivity index (χ2n) is 14.8. The summed E-state index contributed by atoms with van der Waals surface area (Å²) in [6.45, 7) is 9.71. The van der Waals surface area contributed by atoms with Crippen LogP contribution in [0.25, 0.3) is 11.3 Å². The summed E-state index contributed by atoms with van der Waals surface area (Å²) < 4.78 is 17.7. The van der Waals surface area contributed by atoms with E-state index in [1.54, 1.807) is 14.2 Å². The number of piperazine rings is 1. The fourth-order valence-corrected chi connectivity index (χ4v) is 8.79. The molecule has 2 fully saturated rings. The molecule has 57 heavy (non-hydrogen) atoms. The zero-order valence-corrected chi connectivity index (χ0v) is 34.6. The summed E-state index contributed by atoms with van der Waals surface area (Å²) in [6, 6.07) is 22.0. The molecule has 2 unspecified atom stereocenters. The van der Waals surface area contributed by atoms with Crippen molar-refractivity contribution in [3.05, 3.63) is 117 Å². The molecule has 2 aromatic heterocycles. The molecule has 5 heterocycles. The summed E-state index contributed by atoms with van der Waals surface area (Å²) in [7, 11) is 3.35. The third kappa shape index (κ3) is 7.68. The number of aromatic nitrogens is 4.